The van der Waals surface area contributed by atoms with Gasteiger partial charge in [0.25, 0.3) is 0 Å². The highest BCUT2D eigenvalue weighted by Crippen LogP contribution is 2.39. The molecule has 0 spiro atoms. The number of fused-ring (bicyclic) bond motifs is 5. The van der Waals surface area contributed by atoms with Gasteiger partial charge >= 0.3 is 0 Å². The highest BCUT2D eigenvalue weighted by Gasteiger charge is 2.31. The molecule has 0 amide bonds. The highest BCUT2D eigenvalue weighted by atomic mass is 16.2. The van der Waals surface area contributed by atoms with Crippen molar-refractivity contribution in [2.75, 3.05) is 0 Å². The topological polar surface area (TPSA) is 73.1 Å². The minimum Gasteiger partial charge on any atom is -0.515 e. The van der Waals surface area contributed by atoms with E-state index < -0.39 is 0 Å². The molecular weight excluding hydrogens is 468 g/mol. The van der Waals surface area contributed by atoms with Crippen LogP contribution < -0.4 is 0 Å². The molecule has 5 heterocycles. The van der Waals surface area contributed by atoms with Crippen LogP contribution in [-0.2, 0) is 6.42 Å². The average Bonchev–Trinajstić information content (AvgIpc) is 3.57. The number of nitrogens with one attached hydrogen (secondary N) is 1. The molecule has 0 saturated carbocycles. The lowest BCUT2D eigenvalue weighted by Crippen LogP contribution is -2.14. The van der Waals surface area contributed by atoms with E-state index in [4.69, 9.17) is 15.0 Å². The van der Waals surface area contributed by atoms with Crippen LogP contribution in [0.3, 0.4) is 0 Å². The number of aliphatic hydroxyl groups is 1. The predicted molar refractivity (Wildman–Crippen MR) is 161 cm³/mol. The Morgan fingerprint density at radius 1 is 0.658 bits per heavy atom. The summed E-state index contributed by atoms with van der Waals surface area (Å²) in [4.78, 5) is 19.0. The van der Waals surface area contributed by atoms with Gasteiger partial charge in [-0.05, 0) is 116 Å². The highest BCUT2D eigenvalue weighted by molar-refractivity contribution is 6.36. The van der Waals surface area contributed by atoms with Crippen molar-refractivity contribution >= 4 is 29.3 Å². The standard InChI is InChI=1S/C33H38N4O/c1-9-21-18(6)27-14-31-23(11-3)20(8)32(37-31)25(16-38)33-24(12-4)19(7)28(36-33)15-30-22(10-2)17(5)26(34-30)13-29(21)35-27/h13-16,35,38H,9-12H2,1-8H3/b25-16-,26-13?,28-15?,31-14?. The fraction of sp³-hybridized carbons (Fsp3) is 0.364. The molecule has 4 aliphatic heterocycles. The van der Waals surface area contributed by atoms with Crippen molar-refractivity contribution in [3.63, 3.8) is 0 Å². The summed E-state index contributed by atoms with van der Waals surface area (Å²) >= 11 is 0. The van der Waals surface area contributed by atoms with E-state index in [0.717, 1.165) is 88.0 Å². The molecule has 0 aliphatic carbocycles. The van der Waals surface area contributed by atoms with E-state index in [1.54, 1.807) is 0 Å². The molecule has 1 aromatic rings. The number of aliphatic hydroxyl groups excluding tert-OH is 1. The van der Waals surface area contributed by atoms with Gasteiger partial charge in [-0.25, -0.2) is 15.0 Å². The first-order valence-corrected chi connectivity index (χ1v) is 13.9. The number of hydrogen-bond donors (Lipinski definition) is 2. The number of nitrogens with zero attached hydrogens (tertiary/aromatic N) is 3. The van der Waals surface area contributed by atoms with E-state index in [1.165, 1.54) is 34.1 Å². The average molecular weight is 507 g/mol. The molecular formula is C33H38N4O. The SMILES string of the molecule is CCC1=C(C)C2=NC1=Cc1[nH]c(c(CC)c1C)C=C1N=C(C=C3N=C(C(CC)=C3C)/C2=C\O)C(CC)=C1C. The van der Waals surface area contributed by atoms with Gasteiger partial charge in [-0.2, -0.15) is 0 Å². The largest absolute Gasteiger partial charge is 0.515 e. The van der Waals surface area contributed by atoms with E-state index in [0.29, 0.717) is 5.57 Å². The predicted octanol–water partition coefficient (Wildman–Crippen LogP) is 8.45. The Morgan fingerprint density at radius 3 is 1.89 bits per heavy atom. The summed E-state index contributed by atoms with van der Waals surface area (Å²) in [5.41, 5.74) is 17.8. The Kier molecular flexibility index (Phi) is 6.72. The zero-order chi connectivity index (χ0) is 27.3. The van der Waals surface area contributed by atoms with E-state index >= 15 is 0 Å². The molecule has 8 bridgehead atoms. The number of aromatic amines is 1. The molecule has 38 heavy (non-hydrogen) atoms. The van der Waals surface area contributed by atoms with Crippen molar-refractivity contribution in [1.82, 2.24) is 4.98 Å². The van der Waals surface area contributed by atoms with Crippen LogP contribution in [0.4, 0.5) is 0 Å². The molecule has 196 valence electrons. The van der Waals surface area contributed by atoms with E-state index in [-0.39, 0.29) is 0 Å². The van der Waals surface area contributed by atoms with Gasteiger partial charge in [0.2, 0.25) is 0 Å². The summed E-state index contributed by atoms with van der Waals surface area (Å²) < 4.78 is 0. The number of H-pyrrole nitrogens is 1. The number of allylic oxidation sites excluding steroid dienone is 8. The third kappa shape index (κ3) is 3.87. The lowest BCUT2D eigenvalue weighted by atomic mass is 9.92. The van der Waals surface area contributed by atoms with Gasteiger partial charge in [0.15, 0.2) is 0 Å². The molecule has 0 unspecified atom stereocenters. The van der Waals surface area contributed by atoms with Gasteiger partial charge in [-0.3, -0.25) is 0 Å². The molecule has 0 atom stereocenters. The Balaban J connectivity index is 1.86. The molecule has 1 aromatic heterocycles. The molecule has 0 aromatic carbocycles. The van der Waals surface area contributed by atoms with Crippen molar-refractivity contribution < 1.29 is 5.11 Å². The summed E-state index contributed by atoms with van der Waals surface area (Å²) in [6.07, 6.45) is 11.2. The van der Waals surface area contributed by atoms with Crippen LogP contribution in [0.1, 0.15) is 90.2 Å². The smallest absolute Gasteiger partial charge is 0.0907 e. The Bertz CT molecular complexity index is 1570. The second-order valence-electron chi connectivity index (χ2n) is 10.3. The summed E-state index contributed by atoms with van der Waals surface area (Å²) in [6, 6.07) is 0. The number of aliphatic imine (C=N–C) groups is 3. The maximum atomic E-state index is 10.6. The summed E-state index contributed by atoms with van der Waals surface area (Å²) in [6.45, 7) is 17.3. The summed E-state index contributed by atoms with van der Waals surface area (Å²) in [7, 11) is 0. The van der Waals surface area contributed by atoms with Crippen LogP contribution in [-0.4, -0.2) is 27.2 Å². The normalized spacial score (nSPS) is 20.3. The molecule has 0 radical (unpaired) electrons. The second-order valence-corrected chi connectivity index (χ2v) is 10.3. The first kappa shape index (κ1) is 25.9. The number of aromatic nitrogens is 1. The van der Waals surface area contributed by atoms with Gasteiger partial charge in [0.1, 0.15) is 0 Å². The molecule has 2 N–H and O–H groups in total. The fourth-order valence-electron chi connectivity index (χ4n) is 6.21. The zero-order valence-corrected chi connectivity index (χ0v) is 23.9. The first-order valence-electron chi connectivity index (χ1n) is 13.9. The van der Waals surface area contributed by atoms with Crippen LogP contribution >= 0.6 is 0 Å². The van der Waals surface area contributed by atoms with E-state index in [2.05, 4.69) is 78.6 Å². The lowest BCUT2D eigenvalue weighted by Gasteiger charge is -2.10. The Morgan fingerprint density at radius 2 is 1.26 bits per heavy atom. The summed E-state index contributed by atoms with van der Waals surface area (Å²) in [5, 5.41) is 10.6. The minimum absolute atomic E-state index is 0.679. The number of hydrogen-bond acceptors (Lipinski definition) is 4. The second kappa shape index (κ2) is 9.86. The Labute approximate surface area is 226 Å². The van der Waals surface area contributed by atoms with Crippen LogP contribution in [0.5, 0.6) is 0 Å². The lowest BCUT2D eigenvalue weighted by molar-refractivity contribution is 0.472. The first-order chi connectivity index (χ1) is 18.3. The van der Waals surface area contributed by atoms with Gasteiger partial charge in [0, 0.05) is 11.4 Å². The van der Waals surface area contributed by atoms with Crippen molar-refractivity contribution in [2.24, 2.45) is 15.0 Å². The van der Waals surface area contributed by atoms with Gasteiger partial charge in [-0.15, -0.1) is 0 Å². The molecule has 4 aliphatic rings. The van der Waals surface area contributed by atoms with Crippen LogP contribution in [0.2, 0.25) is 0 Å². The van der Waals surface area contributed by atoms with E-state index in [1.807, 2.05) is 0 Å². The van der Waals surface area contributed by atoms with Gasteiger partial charge in [-0.1, -0.05) is 27.7 Å². The quantitative estimate of drug-likeness (QED) is 0.395. The van der Waals surface area contributed by atoms with Crippen molar-refractivity contribution in [2.45, 2.75) is 81.1 Å². The molecule has 5 heteroatoms. The molecule has 5 nitrogen and oxygen atoms in total. The van der Waals surface area contributed by atoms with Gasteiger partial charge < -0.3 is 10.1 Å². The van der Waals surface area contributed by atoms with Crippen molar-refractivity contribution in [3.8, 4) is 0 Å². The van der Waals surface area contributed by atoms with E-state index in [9.17, 15) is 5.11 Å². The maximum Gasteiger partial charge on any atom is 0.0907 e. The number of rotatable bonds is 4. The maximum absolute atomic E-state index is 10.6. The summed E-state index contributed by atoms with van der Waals surface area (Å²) in [5.74, 6) is 0. The minimum atomic E-state index is 0.679. The van der Waals surface area contributed by atoms with Gasteiger partial charge in [0.05, 0.1) is 46.1 Å². The monoisotopic (exact) mass is 506 g/mol. The zero-order valence-electron chi connectivity index (χ0n) is 23.9. The van der Waals surface area contributed by atoms with Crippen LogP contribution in [0, 0.1) is 6.92 Å². The third-order valence-corrected chi connectivity index (χ3v) is 8.43. The fourth-order valence-corrected chi connectivity index (χ4v) is 6.21. The molecule has 0 saturated heterocycles. The van der Waals surface area contributed by atoms with Crippen molar-refractivity contribution in [1.29, 1.82) is 0 Å². The van der Waals surface area contributed by atoms with Crippen LogP contribution in [0.25, 0.3) is 12.2 Å². The Hall–Kier alpha value is -3.73. The van der Waals surface area contributed by atoms with Crippen LogP contribution in [0.15, 0.2) is 83.4 Å². The third-order valence-electron chi connectivity index (χ3n) is 8.43. The molecule has 5 rings (SSSR count). The van der Waals surface area contributed by atoms with Crippen molar-refractivity contribution in [3.05, 3.63) is 91.0 Å². The molecule has 0 fully saturated rings.